The fourth-order valence-electron chi connectivity index (χ4n) is 2.29. The summed E-state index contributed by atoms with van der Waals surface area (Å²) in [4.78, 5) is 24.5. The molecule has 0 saturated carbocycles. The Balaban J connectivity index is 1.88. The van der Waals surface area contributed by atoms with Crippen LogP contribution in [0.5, 0.6) is 0 Å². The van der Waals surface area contributed by atoms with Crippen LogP contribution in [0.25, 0.3) is 0 Å². The second kappa shape index (κ2) is 5.29. The average Bonchev–Trinajstić information content (AvgIpc) is 2.92. The Morgan fingerprint density at radius 3 is 2.84 bits per heavy atom. The lowest BCUT2D eigenvalue weighted by atomic mass is 9.99. The molecule has 2 atom stereocenters. The van der Waals surface area contributed by atoms with Crippen LogP contribution in [0.3, 0.4) is 0 Å². The summed E-state index contributed by atoms with van der Waals surface area (Å²) in [5.74, 6) is -1.33. The summed E-state index contributed by atoms with van der Waals surface area (Å²) in [6.07, 6.45) is 1.67. The summed E-state index contributed by atoms with van der Waals surface area (Å²) in [6, 6.07) is -0.226. The van der Waals surface area contributed by atoms with E-state index < -0.39 is 11.9 Å². The Kier molecular flexibility index (Phi) is 3.73. The molecule has 2 heterocycles. The van der Waals surface area contributed by atoms with Crippen LogP contribution in [0.4, 0.5) is 4.79 Å². The van der Waals surface area contributed by atoms with Gasteiger partial charge in [-0.3, -0.25) is 9.89 Å². The molecule has 0 unspecified atom stereocenters. The van der Waals surface area contributed by atoms with E-state index in [2.05, 4.69) is 15.5 Å². The zero-order valence-corrected chi connectivity index (χ0v) is 11.0. The van der Waals surface area contributed by atoms with Crippen molar-refractivity contribution < 1.29 is 14.7 Å². The first kappa shape index (κ1) is 13.4. The molecule has 1 aromatic heterocycles. The number of hydrogen-bond donors (Lipinski definition) is 3. The van der Waals surface area contributed by atoms with Gasteiger partial charge in [0.1, 0.15) is 0 Å². The van der Waals surface area contributed by atoms with E-state index in [4.69, 9.17) is 5.11 Å². The van der Waals surface area contributed by atoms with Gasteiger partial charge in [-0.25, -0.2) is 4.79 Å². The number of carbonyl (C=O) groups excluding carboxylic acids is 1. The number of H-pyrrole nitrogens is 1. The van der Waals surface area contributed by atoms with Gasteiger partial charge in [0.05, 0.1) is 12.1 Å². The van der Waals surface area contributed by atoms with Crippen LogP contribution >= 0.6 is 0 Å². The van der Waals surface area contributed by atoms with Crippen LogP contribution in [0, 0.1) is 18.8 Å². The molecule has 2 rings (SSSR count). The van der Waals surface area contributed by atoms with E-state index in [1.165, 1.54) is 0 Å². The number of carboxylic acid groups (broad SMARTS) is 1. The summed E-state index contributed by atoms with van der Waals surface area (Å²) in [6.45, 7) is 4.88. The second-order valence-electron chi connectivity index (χ2n) is 5.01. The highest BCUT2D eigenvalue weighted by molar-refractivity contribution is 5.77. The number of aromatic amines is 1. The van der Waals surface area contributed by atoms with Crippen molar-refractivity contribution in [1.82, 2.24) is 20.4 Å². The molecule has 7 heteroatoms. The smallest absolute Gasteiger partial charge is 0.317 e. The Labute approximate surface area is 111 Å². The Bertz CT molecular complexity index is 485. The van der Waals surface area contributed by atoms with Crippen LogP contribution in [0.1, 0.15) is 18.2 Å². The predicted molar refractivity (Wildman–Crippen MR) is 67.4 cm³/mol. The minimum atomic E-state index is -0.839. The molecule has 0 aromatic carbocycles. The number of amides is 2. The number of urea groups is 1. The normalized spacial score (nSPS) is 22.5. The summed E-state index contributed by atoms with van der Waals surface area (Å²) in [7, 11) is 0. The van der Waals surface area contributed by atoms with Crippen molar-refractivity contribution in [2.24, 2.45) is 11.8 Å². The molecule has 0 bridgehead atoms. The summed E-state index contributed by atoms with van der Waals surface area (Å²) in [5, 5.41) is 18.5. The van der Waals surface area contributed by atoms with E-state index in [0.29, 0.717) is 13.1 Å². The molecule has 1 fully saturated rings. The fourth-order valence-corrected chi connectivity index (χ4v) is 2.29. The van der Waals surface area contributed by atoms with Crippen LogP contribution < -0.4 is 5.32 Å². The number of rotatable bonds is 3. The zero-order valence-electron chi connectivity index (χ0n) is 11.0. The molecule has 0 aliphatic carbocycles. The number of likely N-dealkylation sites (tertiary alicyclic amines) is 1. The van der Waals surface area contributed by atoms with Gasteiger partial charge in [0.25, 0.3) is 0 Å². The Hall–Kier alpha value is -2.05. The molecule has 1 aliphatic rings. The van der Waals surface area contributed by atoms with Gasteiger partial charge in [-0.1, -0.05) is 6.92 Å². The third-order valence-corrected chi connectivity index (χ3v) is 3.58. The van der Waals surface area contributed by atoms with Crippen molar-refractivity contribution >= 4 is 12.0 Å². The van der Waals surface area contributed by atoms with Gasteiger partial charge in [-0.2, -0.15) is 5.10 Å². The van der Waals surface area contributed by atoms with Gasteiger partial charge in [0, 0.05) is 30.9 Å². The zero-order chi connectivity index (χ0) is 14.0. The first-order valence-corrected chi connectivity index (χ1v) is 6.23. The Morgan fingerprint density at radius 2 is 2.32 bits per heavy atom. The maximum Gasteiger partial charge on any atom is 0.317 e. The highest BCUT2D eigenvalue weighted by Gasteiger charge is 2.36. The van der Waals surface area contributed by atoms with Gasteiger partial charge in [-0.15, -0.1) is 0 Å². The number of carbonyl (C=O) groups is 2. The second-order valence-corrected chi connectivity index (χ2v) is 5.01. The van der Waals surface area contributed by atoms with Gasteiger partial charge in [0.2, 0.25) is 0 Å². The quantitative estimate of drug-likeness (QED) is 0.745. The molecule has 1 aromatic rings. The third kappa shape index (κ3) is 2.86. The molecule has 2 amide bonds. The van der Waals surface area contributed by atoms with E-state index in [1.807, 2.05) is 13.8 Å². The van der Waals surface area contributed by atoms with E-state index in [0.717, 1.165) is 11.3 Å². The van der Waals surface area contributed by atoms with E-state index in [9.17, 15) is 9.59 Å². The van der Waals surface area contributed by atoms with Crippen LogP contribution in [0.2, 0.25) is 0 Å². The largest absolute Gasteiger partial charge is 0.481 e. The maximum absolute atomic E-state index is 12.0. The number of nitrogens with one attached hydrogen (secondary N) is 2. The van der Waals surface area contributed by atoms with E-state index in [1.54, 1.807) is 11.1 Å². The highest BCUT2D eigenvalue weighted by Crippen LogP contribution is 2.23. The highest BCUT2D eigenvalue weighted by atomic mass is 16.4. The average molecular weight is 266 g/mol. The van der Waals surface area contributed by atoms with E-state index >= 15 is 0 Å². The lowest BCUT2D eigenvalue weighted by Gasteiger charge is -2.16. The number of hydrogen-bond acceptors (Lipinski definition) is 3. The van der Waals surface area contributed by atoms with Gasteiger partial charge in [0.15, 0.2) is 0 Å². The van der Waals surface area contributed by atoms with Crippen molar-refractivity contribution in [3.8, 4) is 0 Å². The molecule has 1 saturated heterocycles. The lowest BCUT2D eigenvalue weighted by molar-refractivity contribution is -0.142. The summed E-state index contributed by atoms with van der Waals surface area (Å²) >= 11 is 0. The van der Waals surface area contributed by atoms with Crippen LogP contribution in [0.15, 0.2) is 6.20 Å². The van der Waals surface area contributed by atoms with Crippen molar-refractivity contribution in [1.29, 1.82) is 0 Å². The summed E-state index contributed by atoms with van der Waals surface area (Å²) in [5.41, 5.74) is 1.84. The monoisotopic (exact) mass is 266 g/mol. The predicted octanol–water partition coefficient (Wildman–Crippen LogP) is 0.580. The van der Waals surface area contributed by atoms with Crippen molar-refractivity contribution in [3.05, 3.63) is 17.5 Å². The number of aryl methyl sites for hydroxylation is 1. The molecular formula is C12H18N4O3. The first-order valence-electron chi connectivity index (χ1n) is 6.23. The fraction of sp³-hybridized carbons (Fsp3) is 0.583. The van der Waals surface area contributed by atoms with Crippen LogP contribution in [-0.4, -0.2) is 45.3 Å². The molecule has 104 valence electrons. The SMILES string of the molecule is Cc1[nH]ncc1CNC(=O)N1C[C@@H](C)[C@H](C(=O)O)C1. The molecule has 1 aliphatic heterocycles. The minimum Gasteiger partial charge on any atom is -0.481 e. The molecule has 0 spiro atoms. The third-order valence-electron chi connectivity index (χ3n) is 3.58. The number of aromatic nitrogens is 2. The van der Waals surface area contributed by atoms with Gasteiger partial charge in [-0.05, 0) is 12.8 Å². The Morgan fingerprint density at radius 1 is 1.58 bits per heavy atom. The number of nitrogens with zero attached hydrogens (tertiary/aromatic N) is 2. The molecule has 7 nitrogen and oxygen atoms in total. The minimum absolute atomic E-state index is 0.0149. The van der Waals surface area contributed by atoms with E-state index in [-0.39, 0.29) is 18.5 Å². The topological polar surface area (TPSA) is 98.3 Å². The molecule has 0 radical (unpaired) electrons. The molecule has 19 heavy (non-hydrogen) atoms. The first-order chi connectivity index (χ1) is 8.99. The lowest BCUT2D eigenvalue weighted by Crippen LogP contribution is -2.38. The maximum atomic E-state index is 12.0. The molecular weight excluding hydrogens is 248 g/mol. The number of carboxylic acids is 1. The van der Waals surface area contributed by atoms with Crippen LogP contribution in [-0.2, 0) is 11.3 Å². The standard InChI is InChI=1S/C12H18N4O3/c1-7-5-16(6-10(7)11(17)18)12(19)13-3-9-4-14-15-8(9)2/h4,7,10H,3,5-6H2,1-2H3,(H,13,19)(H,14,15)(H,17,18)/t7-,10-/m1/s1. The van der Waals surface area contributed by atoms with Gasteiger partial charge >= 0.3 is 12.0 Å². The van der Waals surface area contributed by atoms with Crippen molar-refractivity contribution in [2.75, 3.05) is 13.1 Å². The van der Waals surface area contributed by atoms with Gasteiger partial charge < -0.3 is 15.3 Å². The van der Waals surface area contributed by atoms with Crippen molar-refractivity contribution in [2.45, 2.75) is 20.4 Å². The number of aliphatic carboxylic acids is 1. The molecule has 3 N–H and O–H groups in total. The summed E-state index contributed by atoms with van der Waals surface area (Å²) < 4.78 is 0. The van der Waals surface area contributed by atoms with Crippen molar-refractivity contribution in [3.63, 3.8) is 0 Å².